The van der Waals surface area contributed by atoms with Crippen molar-refractivity contribution in [3.05, 3.63) is 47.5 Å². The lowest BCUT2D eigenvalue weighted by atomic mass is 9.95. The molecule has 0 saturated carbocycles. The third-order valence-corrected chi connectivity index (χ3v) is 2.41. The van der Waals surface area contributed by atoms with Crippen LogP contribution in [0.2, 0.25) is 0 Å². The van der Waals surface area contributed by atoms with E-state index in [1.54, 1.807) is 0 Å². The van der Waals surface area contributed by atoms with Crippen molar-refractivity contribution in [1.82, 2.24) is 0 Å². The van der Waals surface area contributed by atoms with Crippen molar-refractivity contribution in [3.8, 4) is 11.8 Å². The molecule has 0 heteroatoms. The average Bonchev–Trinajstić information content (AvgIpc) is 2.23. The van der Waals surface area contributed by atoms with Crippen molar-refractivity contribution in [3.63, 3.8) is 0 Å². The topological polar surface area (TPSA) is 0 Å². The summed E-state index contributed by atoms with van der Waals surface area (Å²) in [4.78, 5) is 0. The summed E-state index contributed by atoms with van der Waals surface area (Å²) < 4.78 is 0. The lowest BCUT2D eigenvalue weighted by molar-refractivity contribution is 0.571. The smallest absolute Gasteiger partial charge is 0.0277 e. The van der Waals surface area contributed by atoms with E-state index in [0.717, 1.165) is 18.4 Å². The third kappa shape index (κ3) is 5.41. The molecule has 0 aliphatic heterocycles. The Labute approximate surface area is 106 Å². The minimum Gasteiger partial charge on any atom is -0.100 e. The van der Waals surface area contributed by atoms with Gasteiger partial charge >= 0.3 is 0 Å². The van der Waals surface area contributed by atoms with Crippen LogP contribution in [0.4, 0.5) is 0 Å². The fourth-order valence-corrected chi connectivity index (χ4v) is 1.46. The molecule has 0 nitrogen and oxygen atoms in total. The maximum absolute atomic E-state index is 3.95. The minimum atomic E-state index is 0.0570. The highest BCUT2D eigenvalue weighted by molar-refractivity contribution is 5.42. The molecule has 0 saturated heterocycles. The molecule has 0 unspecified atom stereocenters. The molecule has 0 atom stereocenters. The number of aryl methyl sites for hydroxylation is 1. The van der Waals surface area contributed by atoms with E-state index in [2.05, 4.69) is 70.4 Å². The van der Waals surface area contributed by atoms with Crippen LogP contribution >= 0.6 is 0 Å². The Morgan fingerprint density at radius 2 is 1.88 bits per heavy atom. The van der Waals surface area contributed by atoms with E-state index >= 15 is 0 Å². The van der Waals surface area contributed by atoms with Crippen LogP contribution in [-0.4, -0.2) is 0 Å². The molecule has 17 heavy (non-hydrogen) atoms. The highest BCUT2D eigenvalue weighted by atomic mass is 14.1. The molecule has 90 valence electrons. The van der Waals surface area contributed by atoms with Crippen LogP contribution in [0.1, 0.15) is 45.2 Å². The number of rotatable bonds is 3. The summed E-state index contributed by atoms with van der Waals surface area (Å²) in [6, 6.07) is 8.40. The van der Waals surface area contributed by atoms with Gasteiger partial charge in [-0.05, 0) is 52.2 Å². The van der Waals surface area contributed by atoms with Crippen molar-refractivity contribution in [2.24, 2.45) is 5.41 Å². The monoisotopic (exact) mass is 226 g/mol. The largest absolute Gasteiger partial charge is 0.100 e. The molecular weight excluding hydrogens is 204 g/mol. The maximum Gasteiger partial charge on any atom is 0.0277 e. The summed E-state index contributed by atoms with van der Waals surface area (Å²) in [7, 11) is 0. The first kappa shape index (κ1) is 13.6. The summed E-state index contributed by atoms with van der Waals surface area (Å²) >= 11 is 0. The second kappa shape index (κ2) is 5.73. The summed E-state index contributed by atoms with van der Waals surface area (Å²) in [6.45, 7) is 12.4. The third-order valence-electron chi connectivity index (χ3n) is 2.41. The van der Waals surface area contributed by atoms with Gasteiger partial charge in [0.25, 0.3) is 0 Å². The van der Waals surface area contributed by atoms with Crippen LogP contribution in [0.15, 0.2) is 36.4 Å². The molecule has 0 amide bonds. The number of allylic oxidation sites excluding steroid dienone is 1. The van der Waals surface area contributed by atoms with Gasteiger partial charge in [-0.1, -0.05) is 35.6 Å². The number of hydrogen-bond acceptors (Lipinski definition) is 0. The zero-order chi connectivity index (χ0) is 12.9. The van der Waals surface area contributed by atoms with Crippen LogP contribution in [0.3, 0.4) is 0 Å². The van der Waals surface area contributed by atoms with E-state index in [1.165, 1.54) is 11.1 Å². The van der Waals surface area contributed by atoms with E-state index in [9.17, 15) is 0 Å². The molecule has 0 spiro atoms. The summed E-state index contributed by atoms with van der Waals surface area (Å²) in [5, 5.41) is 0. The Kier molecular flexibility index (Phi) is 4.58. The van der Waals surface area contributed by atoms with Crippen LogP contribution in [0.25, 0.3) is 0 Å². The van der Waals surface area contributed by atoms with Gasteiger partial charge in [0.15, 0.2) is 0 Å². The first-order chi connectivity index (χ1) is 7.88. The molecule has 0 bridgehead atoms. The molecule has 0 aromatic heterocycles. The van der Waals surface area contributed by atoms with E-state index in [0.29, 0.717) is 0 Å². The Bertz CT molecular complexity index is 447. The molecule has 0 aliphatic carbocycles. The SMILES string of the molecule is C=C(C)CCc1ccccc1C#CC(C)(C)C. The van der Waals surface area contributed by atoms with Gasteiger partial charge in [0.2, 0.25) is 0 Å². The van der Waals surface area contributed by atoms with Crippen LogP contribution < -0.4 is 0 Å². The zero-order valence-electron chi connectivity index (χ0n) is 11.4. The molecule has 1 aromatic carbocycles. The molecular formula is C17H22. The Morgan fingerprint density at radius 1 is 1.24 bits per heavy atom. The molecule has 0 fully saturated rings. The van der Waals surface area contributed by atoms with Crippen molar-refractivity contribution in [2.45, 2.75) is 40.5 Å². The van der Waals surface area contributed by atoms with Crippen LogP contribution in [-0.2, 0) is 6.42 Å². The number of benzene rings is 1. The molecule has 0 radical (unpaired) electrons. The zero-order valence-corrected chi connectivity index (χ0v) is 11.4. The fraction of sp³-hybridized carbons (Fsp3) is 0.412. The highest BCUT2D eigenvalue weighted by Gasteiger charge is 2.04. The normalized spacial score (nSPS) is 10.6. The lowest BCUT2D eigenvalue weighted by Crippen LogP contribution is -2.00. The molecule has 1 aromatic rings. The first-order valence-electron chi connectivity index (χ1n) is 6.14. The van der Waals surface area contributed by atoms with E-state index < -0.39 is 0 Å². The molecule has 0 heterocycles. The van der Waals surface area contributed by atoms with Gasteiger partial charge in [0.05, 0.1) is 0 Å². The van der Waals surface area contributed by atoms with Crippen LogP contribution in [0.5, 0.6) is 0 Å². The summed E-state index contributed by atoms with van der Waals surface area (Å²) in [5.74, 6) is 6.59. The minimum absolute atomic E-state index is 0.0570. The van der Waals surface area contributed by atoms with Crippen molar-refractivity contribution < 1.29 is 0 Å². The predicted molar refractivity (Wildman–Crippen MR) is 75.9 cm³/mol. The average molecular weight is 226 g/mol. The van der Waals surface area contributed by atoms with Gasteiger partial charge in [-0.3, -0.25) is 0 Å². The lowest BCUT2D eigenvalue weighted by Gasteiger charge is -2.08. The highest BCUT2D eigenvalue weighted by Crippen LogP contribution is 2.15. The predicted octanol–water partition coefficient (Wildman–Crippen LogP) is 4.59. The first-order valence-corrected chi connectivity index (χ1v) is 6.14. The Balaban J connectivity index is 2.91. The van der Waals surface area contributed by atoms with Crippen molar-refractivity contribution >= 4 is 0 Å². The van der Waals surface area contributed by atoms with Gasteiger partial charge in [0, 0.05) is 11.0 Å². The van der Waals surface area contributed by atoms with Crippen LogP contribution in [0, 0.1) is 17.3 Å². The van der Waals surface area contributed by atoms with E-state index in [-0.39, 0.29) is 5.41 Å². The van der Waals surface area contributed by atoms with Gasteiger partial charge in [-0.2, -0.15) is 0 Å². The second-order valence-electron chi connectivity index (χ2n) is 5.61. The number of hydrogen-bond donors (Lipinski definition) is 0. The Hall–Kier alpha value is -1.48. The van der Waals surface area contributed by atoms with Gasteiger partial charge in [-0.15, -0.1) is 6.58 Å². The van der Waals surface area contributed by atoms with Gasteiger partial charge in [0.1, 0.15) is 0 Å². The Morgan fingerprint density at radius 3 is 2.47 bits per heavy atom. The summed E-state index contributed by atoms with van der Waals surface area (Å²) in [5.41, 5.74) is 3.76. The standard InChI is InChI=1S/C17H22/c1-14(2)10-11-15-8-6-7-9-16(15)12-13-17(3,4)5/h6-9H,1,10-11H2,2-5H3. The summed E-state index contributed by atoms with van der Waals surface area (Å²) in [6.07, 6.45) is 2.07. The van der Waals surface area contributed by atoms with E-state index in [4.69, 9.17) is 0 Å². The second-order valence-corrected chi connectivity index (χ2v) is 5.61. The fourth-order valence-electron chi connectivity index (χ4n) is 1.46. The quantitative estimate of drug-likeness (QED) is 0.522. The van der Waals surface area contributed by atoms with Gasteiger partial charge in [-0.25, -0.2) is 0 Å². The molecule has 1 rings (SSSR count). The molecule has 0 N–H and O–H groups in total. The van der Waals surface area contributed by atoms with E-state index in [1.807, 2.05) is 0 Å². The van der Waals surface area contributed by atoms with Crippen molar-refractivity contribution in [2.75, 3.05) is 0 Å². The van der Waals surface area contributed by atoms with Crippen molar-refractivity contribution in [1.29, 1.82) is 0 Å². The molecule has 0 aliphatic rings. The maximum atomic E-state index is 3.95. The van der Waals surface area contributed by atoms with Gasteiger partial charge < -0.3 is 0 Å².